The highest BCUT2D eigenvalue weighted by Crippen LogP contribution is 2.36. The Hall–Kier alpha value is -1.92. The van der Waals surface area contributed by atoms with E-state index in [1.165, 1.54) is 24.3 Å². The highest BCUT2D eigenvalue weighted by Gasteiger charge is 2.31. The molecule has 1 aromatic carbocycles. The molecule has 2 aliphatic rings. The number of hydrogen-bond donors (Lipinski definition) is 0. The van der Waals surface area contributed by atoms with E-state index in [9.17, 15) is 17.6 Å². The van der Waals surface area contributed by atoms with Gasteiger partial charge in [-0.15, -0.1) is 0 Å². The summed E-state index contributed by atoms with van der Waals surface area (Å²) in [7, 11) is -3.29. The van der Waals surface area contributed by atoms with Crippen molar-refractivity contribution in [3.8, 4) is 0 Å². The molecule has 0 bridgehead atoms. The first-order chi connectivity index (χ1) is 11.2. The molecule has 0 saturated carbocycles. The molecule has 0 spiro atoms. The normalized spacial score (nSPS) is 24.1. The minimum absolute atomic E-state index is 0.0442. The van der Waals surface area contributed by atoms with E-state index in [1.54, 1.807) is 18.2 Å². The fourth-order valence-electron chi connectivity index (χ4n) is 2.61. The van der Waals surface area contributed by atoms with Gasteiger partial charge in [0.2, 0.25) is 5.13 Å². The summed E-state index contributed by atoms with van der Waals surface area (Å²) >= 11 is 5.61. The summed E-state index contributed by atoms with van der Waals surface area (Å²) in [4.78, 5) is 12.3. The maximum absolute atomic E-state index is 13.6. The number of halogens is 2. The predicted octanol–water partition coefficient (Wildman–Crippen LogP) is 3.19. The summed E-state index contributed by atoms with van der Waals surface area (Å²) < 4.78 is 41.8. The van der Waals surface area contributed by atoms with Crippen molar-refractivity contribution < 1.29 is 22.3 Å². The Bertz CT molecular complexity index is 893. The third-order valence-corrected chi connectivity index (χ3v) is 5.28. The number of cyclic esters (lactones) is 1. The van der Waals surface area contributed by atoms with Crippen LogP contribution in [0.3, 0.4) is 0 Å². The molecule has 0 radical (unpaired) electrons. The number of rotatable bonds is 3. The molecule has 1 aliphatic carbocycles. The van der Waals surface area contributed by atoms with E-state index in [0.717, 1.165) is 6.26 Å². The zero-order chi connectivity index (χ0) is 17.5. The first kappa shape index (κ1) is 16.9. The molecule has 0 aromatic heterocycles. The fraction of sp³-hybridized carbons (Fsp3) is 0.235. The fourth-order valence-corrected chi connectivity index (χ4v) is 3.38. The van der Waals surface area contributed by atoms with Crippen molar-refractivity contribution in [2.24, 2.45) is 0 Å². The predicted molar refractivity (Wildman–Crippen MR) is 89.0 cm³/mol. The molecule has 1 aliphatic heterocycles. The highest BCUT2D eigenvalue weighted by molar-refractivity contribution is 7.90. The van der Waals surface area contributed by atoms with Crippen molar-refractivity contribution in [3.63, 3.8) is 0 Å². The van der Waals surface area contributed by atoms with E-state index in [2.05, 4.69) is 0 Å². The second-order valence-electron chi connectivity index (χ2n) is 5.68. The quantitative estimate of drug-likeness (QED) is 0.607. The van der Waals surface area contributed by atoms with E-state index in [4.69, 9.17) is 16.3 Å². The molecule has 7 heteroatoms. The van der Waals surface area contributed by atoms with E-state index >= 15 is 0 Å². The van der Waals surface area contributed by atoms with Gasteiger partial charge in [-0.2, -0.15) is 0 Å². The number of benzene rings is 1. The summed E-state index contributed by atoms with van der Waals surface area (Å²) in [5, 5.41) is -1.94. The molecule has 4 nitrogen and oxygen atoms in total. The van der Waals surface area contributed by atoms with Gasteiger partial charge in [-0.1, -0.05) is 35.9 Å². The Morgan fingerprint density at radius 2 is 1.92 bits per heavy atom. The maximum atomic E-state index is 13.6. The van der Waals surface area contributed by atoms with Crippen molar-refractivity contribution >= 4 is 33.0 Å². The summed E-state index contributed by atoms with van der Waals surface area (Å²) in [6.45, 7) is 0.0826. The topological polar surface area (TPSA) is 60.4 Å². The van der Waals surface area contributed by atoms with Crippen LogP contribution in [0, 0.1) is 0 Å². The van der Waals surface area contributed by atoms with Crippen LogP contribution in [-0.2, 0) is 19.4 Å². The first-order valence-electron chi connectivity index (χ1n) is 7.16. The Labute approximate surface area is 144 Å². The van der Waals surface area contributed by atoms with Crippen LogP contribution >= 0.6 is 11.6 Å². The summed E-state index contributed by atoms with van der Waals surface area (Å²) in [5.41, 5.74) is 2.22. The SMILES string of the molecule is CS(=O)(=O)c1ccc(C2=C(C3=CCC(F)(Cl)C=C3)C(=O)OC2)cc1. The molecular formula is C17H14ClFO4S. The lowest BCUT2D eigenvalue weighted by Crippen LogP contribution is -2.13. The van der Waals surface area contributed by atoms with E-state index in [0.29, 0.717) is 22.3 Å². The number of allylic oxidation sites excluding steroid dienone is 3. The smallest absolute Gasteiger partial charge is 0.339 e. The molecule has 24 heavy (non-hydrogen) atoms. The van der Waals surface area contributed by atoms with Crippen molar-refractivity contribution in [1.82, 2.24) is 0 Å². The average molecular weight is 369 g/mol. The van der Waals surface area contributed by atoms with E-state index in [-0.39, 0.29) is 17.9 Å². The lowest BCUT2D eigenvalue weighted by molar-refractivity contribution is -0.135. The Morgan fingerprint density at radius 3 is 2.46 bits per heavy atom. The summed E-state index contributed by atoms with van der Waals surface area (Å²) in [6, 6.07) is 6.21. The number of carbonyl (C=O) groups excluding carboxylic acids is 1. The maximum Gasteiger partial charge on any atom is 0.339 e. The van der Waals surface area contributed by atoms with E-state index < -0.39 is 20.9 Å². The highest BCUT2D eigenvalue weighted by atomic mass is 35.5. The molecule has 0 fully saturated rings. The van der Waals surface area contributed by atoms with Crippen LogP contribution in [-0.4, -0.2) is 32.4 Å². The third-order valence-electron chi connectivity index (χ3n) is 3.87. The van der Waals surface area contributed by atoms with Crippen molar-refractivity contribution in [1.29, 1.82) is 0 Å². The number of sulfone groups is 1. The zero-order valence-corrected chi connectivity index (χ0v) is 14.3. The molecule has 0 N–H and O–H groups in total. The minimum atomic E-state index is -3.29. The van der Waals surface area contributed by atoms with Crippen LogP contribution in [0.15, 0.2) is 58.5 Å². The molecule has 1 atom stereocenters. The third kappa shape index (κ3) is 3.30. The van der Waals surface area contributed by atoms with Gasteiger partial charge in [-0.3, -0.25) is 0 Å². The van der Waals surface area contributed by atoms with Crippen LogP contribution in [0.4, 0.5) is 4.39 Å². The second kappa shape index (κ2) is 5.86. The average Bonchev–Trinajstić information content (AvgIpc) is 2.88. The van der Waals surface area contributed by atoms with Gasteiger partial charge in [0.25, 0.3) is 0 Å². The molecule has 1 aromatic rings. The standard InChI is InChI=1S/C17H14ClFO4S/c1-24(21,22)13-4-2-11(3-5-13)14-10-23-16(20)15(14)12-6-8-17(18,19)9-7-12/h2-8H,9-10H2,1H3. The number of alkyl halides is 2. The molecule has 126 valence electrons. The Morgan fingerprint density at radius 1 is 1.25 bits per heavy atom. The molecule has 3 rings (SSSR count). The van der Waals surface area contributed by atoms with Crippen molar-refractivity contribution in [2.45, 2.75) is 16.4 Å². The monoisotopic (exact) mass is 368 g/mol. The van der Waals surface area contributed by atoms with Crippen molar-refractivity contribution in [3.05, 3.63) is 59.2 Å². The van der Waals surface area contributed by atoms with Crippen LogP contribution in [0.25, 0.3) is 5.57 Å². The van der Waals surface area contributed by atoms with Crippen LogP contribution in [0.2, 0.25) is 0 Å². The van der Waals surface area contributed by atoms with Crippen LogP contribution in [0.5, 0.6) is 0 Å². The van der Waals surface area contributed by atoms with Crippen molar-refractivity contribution in [2.75, 3.05) is 12.9 Å². The lowest BCUT2D eigenvalue weighted by atomic mass is 9.93. The van der Waals surface area contributed by atoms with Gasteiger partial charge in [0.1, 0.15) is 6.61 Å². The summed E-state index contributed by atoms with van der Waals surface area (Å²) in [6.07, 6.45) is 5.30. The minimum Gasteiger partial charge on any atom is -0.457 e. The van der Waals surface area contributed by atoms with Gasteiger partial charge >= 0.3 is 5.97 Å². The number of hydrogen-bond acceptors (Lipinski definition) is 4. The van der Waals surface area contributed by atoms with Gasteiger partial charge in [-0.25, -0.2) is 17.6 Å². The number of ether oxygens (including phenoxy) is 1. The zero-order valence-electron chi connectivity index (χ0n) is 12.8. The molecular weight excluding hydrogens is 355 g/mol. The second-order valence-corrected chi connectivity index (χ2v) is 8.33. The summed E-state index contributed by atoms with van der Waals surface area (Å²) in [5.74, 6) is -0.492. The van der Waals surface area contributed by atoms with E-state index in [1.807, 2.05) is 0 Å². The van der Waals surface area contributed by atoms with Gasteiger partial charge in [0.05, 0.1) is 10.5 Å². The van der Waals surface area contributed by atoms with Gasteiger partial charge in [-0.05, 0) is 29.3 Å². The van der Waals surface area contributed by atoms with Gasteiger partial charge < -0.3 is 4.74 Å². The molecule has 1 unspecified atom stereocenters. The number of carbonyl (C=O) groups is 1. The first-order valence-corrected chi connectivity index (χ1v) is 9.43. The van der Waals surface area contributed by atoms with Gasteiger partial charge in [0, 0.05) is 18.2 Å². The van der Waals surface area contributed by atoms with Crippen LogP contribution in [0.1, 0.15) is 12.0 Å². The number of esters is 1. The molecule has 0 amide bonds. The Kier molecular flexibility index (Phi) is 4.13. The Balaban J connectivity index is 2.02. The van der Waals surface area contributed by atoms with Gasteiger partial charge in [0.15, 0.2) is 9.84 Å². The molecule has 1 heterocycles. The largest absolute Gasteiger partial charge is 0.457 e. The van der Waals surface area contributed by atoms with Crippen LogP contribution < -0.4 is 0 Å². The molecule has 0 saturated heterocycles. The lowest BCUT2D eigenvalue weighted by Gasteiger charge is -2.17.